The van der Waals surface area contributed by atoms with E-state index in [1.54, 1.807) is 24.3 Å². The highest BCUT2D eigenvalue weighted by Crippen LogP contribution is 2.12. The first-order valence-electron chi connectivity index (χ1n) is 5.79. The van der Waals surface area contributed by atoms with Crippen LogP contribution in [0.1, 0.15) is 18.4 Å². The summed E-state index contributed by atoms with van der Waals surface area (Å²) in [7, 11) is 1.93. The zero-order chi connectivity index (χ0) is 13.0. The van der Waals surface area contributed by atoms with E-state index in [4.69, 9.17) is 5.26 Å². The molecule has 0 bridgehead atoms. The molecule has 2 rings (SSSR count). The summed E-state index contributed by atoms with van der Waals surface area (Å²) in [4.78, 5) is 17.7. The Hall–Kier alpha value is -2.35. The largest absolute Gasteiger partial charge is 0.363 e. The maximum atomic E-state index is 11.7. The summed E-state index contributed by atoms with van der Waals surface area (Å²) in [5.74, 6) is 0.809. The zero-order valence-corrected chi connectivity index (χ0v) is 10.2. The second-order valence-electron chi connectivity index (χ2n) is 4.18. The van der Waals surface area contributed by atoms with E-state index in [9.17, 15) is 4.79 Å². The van der Waals surface area contributed by atoms with E-state index in [1.165, 1.54) is 0 Å². The van der Waals surface area contributed by atoms with Crippen LogP contribution in [0, 0.1) is 11.3 Å². The standard InChI is InChI=1S/C13H14N4O/c1-17-7-3-6-12(17)16-13(18)15-11-5-2-4-10(8-11)9-14/h2,4-5,8H,3,6-7H2,1H3,(H,15,18)/b16-12+. The van der Waals surface area contributed by atoms with Gasteiger partial charge in [0, 0.05) is 25.7 Å². The highest BCUT2D eigenvalue weighted by molar-refractivity contribution is 6.00. The summed E-state index contributed by atoms with van der Waals surface area (Å²) in [6.45, 7) is 0.941. The fourth-order valence-corrected chi connectivity index (χ4v) is 1.87. The topological polar surface area (TPSA) is 68.5 Å². The number of aliphatic imine (C=N–C) groups is 1. The van der Waals surface area contributed by atoms with Gasteiger partial charge < -0.3 is 10.2 Å². The number of carbonyl (C=O) groups is 1. The fourth-order valence-electron chi connectivity index (χ4n) is 1.87. The van der Waals surface area contributed by atoms with Crippen molar-refractivity contribution in [3.63, 3.8) is 0 Å². The van der Waals surface area contributed by atoms with Gasteiger partial charge in [-0.05, 0) is 24.6 Å². The number of urea groups is 1. The van der Waals surface area contributed by atoms with Crippen molar-refractivity contribution in [3.8, 4) is 6.07 Å². The molecule has 1 heterocycles. The molecule has 0 saturated carbocycles. The number of nitrogens with one attached hydrogen (secondary N) is 1. The average Bonchev–Trinajstić information content (AvgIpc) is 2.75. The quantitative estimate of drug-likeness (QED) is 0.820. The van der Waals surface area contributed by atoms with Gasteiger partial charge in [0.1, 0.15) is 5.84 Å². The van der Waals surface area contributed by atoms with Crippen LogP contribution in [-0.2, 0) is 0 Å². The van der Waals surface area contributed by atoms with E-state index in [-0.39, 0.29) is 0 Å². The van der Waals surface area contributed by atoms with E-state index in [0.717, 1.165) is 25.2 Å². The van der Waals surface area contributed by atoms with Gasteiger partial charge in [-0.3, -0.25) is 0 Å². The number of benzene rings is 1. The molecule has 0 radical (unpaired) electrons. The van der Waals surface area contributed by atoms with Crippen molar-refractivity contribution in [1.29, 1.82) is 5.26 Å². The van der Waals surface area contributed by atoms with Crippen molar-refractivity contribution in [2.45, 2.75) is 12.8 Å². The number of likely N-dealkylation sites (tertiary alicyclic amines) is 1. The minimum absolute atomic E-state index is 0.395. The minimum atomic E-state index is -0.395. The number of nitrogens with zero attached hydrogens (tertiary/aromatic N) is 3. The van der Waals surface area contributed by atoms with Crippen molar-refractivity contribution in [3.05, 3.63) is 29.8 Å². The lowest BCUT2D eigenvalue weighted by Gasteiger charge is -2.10. The number of anilines is 1. The van der Waals surface area contributed by atoms with E-state index < -0.39 is 6.03 Å². The van der Waals surface area contributed by atoms with Gasteiger partial charge in [-0.25, -0.2) is 4.79 Å². The molecule has 1 aliphatic heterocycles. The molecule has 1 aromatic carbocycles. The summed E-state index contributed by atoms with van der Waals surface area (Å²) < 4.78 is 0. The lowest BCUT2D eigenvalue weighted by molar-refractivity contribution is 0.259. The Morgan fingerprint density at radius 3 is 3.06 bits per heavy atom. The molecule has 0 atom stereocenters. The molecule has 5 heteroatoms. The predicted octanol–water partition coefficient (Wildman–Crippen LogP) is 2.21. The SMILES string of the molecule is CN1CCC/C1=N\C(=O)Nc1cccc(C#N)c1. The summed E-state index contributed by atoms with van der Waals surface area (Å²) in [6.07, 6.45) is 1.87. The average molecular weight is 242 g/mol. The summed E-state index contributed by atoms with van der Waals surface area (Å²) in [5, 5.41) is 11.4. The van der Waals surface area contributed by atoms with E-state index >= 15 is 0 Å². The van der Waals surface area contributed by atoms with E-state index in [1.807, 2.05) is 18.0 Å². The molecule has 1 aliphatic rings. The Bertz CT molecular complexity index is 530. The molecule has 0 unspecified atom stereocenters. The molecule has 1 aromatic rings. The van der Waals surface area contributed by atoms with Crippen LogP contribution >= 0.6 is 0 Å². The first-order chi connectivity index (χ1) is 8.69. The van der Waals surface area contributed by atoms with Crippen LogP contribution in [-0.4, -0.2) is 30.4 Å². The van der Waals surface area contributed by atoms with E-state index in [2.05, 4.69) is 10.3 Å². The van der Waals surface area contributed by atoms with Gasteiger partial charge in [-0.1, -0.05) is 6.07 Å². The summed E-state index contributed by atoms with van der Waals surface area (Å²) in [5.41, 5.74) is 1.10. The third kappa shape index (κ3) is 2.86. The highest BCUT2D eigenvalue weighted by Gasteiger charge is 2.15. The van der Waals surface area contributed by atoms with Crippen LogP contribution in [0.5, 0.6) is 0 Å². The van der Waals surface area contributed by atoms with Gasteiger partial charge in [-0.15, -0.1) is 0 Å². The number of hydrogen-bond acceptors (Lipinski definition) is 2. The van der Waals surface area contributed by atoms with Gasteiger partial charge in [0.25, 0.3) is 0 Å². The number of rotatable bonds is 1. The molecule has 2 amide bonds. The maximum Gasteiger partial charge on any atom is 0.347 e. The third-order valence-electron chi connectivity index (χ3n) is 2.81. The lowest BCUT2D eigenvalue weighted by Crippen LogP contribution is -2.21. The Morgan fingerprint density at radius 2 is 2.39 bits per heavy atom. The summed E-state index contributed by atoms with van der Waals surface area (Å²) in [6, 6.07) is 8.40. The molecule has 1 fully saturated rings. The van der Waals surface area contributed by atoms with Gasteiger partial charge in [0.05, 0.1) is 11.6 Å². The molecular formula is C13H14N4O. The van der Waals surface area contributed by atoms with Crippen molar-refractivity contribution in [2.75, 3.05) is 18.9 Å². The van der Waals surface area contributed by atoms with Crippen molar-refractivity contribution < 1.29 is 4.79 Å². The molecule has 92 valence electrons. The van der Waals surface area contributed by atoms with Crippen LogP contribution in [0.3, 0.4) is 0 Å². The molecule has 0 spiro atoms. The first kappa shape index (κ1) is 12.1. The Balaban J connectivity index is 2.05. The van der Waals surface area contributed by atoms with Crippen LogP contribution in [0.4, 0.5) is 10.5 Å². The maximum absolute atomic E-state index is 11.7. The highest BCUT2D eigenvalue weighted by atomic mass is 16.2. The third-order valence-corrected chi connectivity index (χ3v) is 2.81. The van der Waals surface area contributed by atoms with Gasteiger partial charge in [0.2, 0.25) is 0 Å². The first-order valence-corrected chi connectivity index (χ1v) is 5.79. The van der Waals surface area contributed by atoms with Crippen molar-refractivity contribution in [2.24, 2.45) is 4.99 Å². The number of carbonyl (C=O) groups excluding carboxylic acids is 1. The van der Waals surface area contributed by atoms with Crippen LogP contribution in [0.15, 0.2) is 29.3 Å². The number of amides is 2. The van der Waals surface area contributed by atoms with Crippen molar-refractivity contribution >= 4 is 17.6 Å². The second-order valence-corrected chi connectivity index (χ2v) is 4.18. The Labute approximate surface area is 106 Å². The molecule has 18 heavy (non-hydrogen) atoms. The fraction of sp³-hybridized carbons (Fsp3) is 0.308. The van der Waals surface area contributed by atoms with E-state index in [0.29, 0.717) is 11.3 Å². The molecule has 1 saturated heterocycles. The molecular weight excluding hydrogens is 228 g/mol. The monoisotopic (exact) mass is 242 g/mol. The van der Waals surface area contributed by atoms with Crippen LogP contribution in [0.25, 0.3) is 0 Å². The van der Waals surface area contributed by atoms with Crippen molar-refractivity contribution in [1.82, 2.24) is 4.90 Å². The van der Waals surface area contributed by atoms with Gasteiger partial charge >= 0.3 is 6.03 Å². The molecule has 1 N–H and O–H groups in total. The molecule has 0 aliphatic carbocycles. The molecule has 5 nitrogen and oxygen atoms in total. The van der Waals surface area contributed by atoms with Crippen LogP contribution < -0.4 is 5.32 Å². The Kier molecular flexibility index (Phi) is 3.58. The number of amidine groups is 1. The Morgan fingerprint density at radius 1 is 1.56 bits per heavy atom. The van der Waals surface area contributed by atoms with Crippen LogP contribution in [0.2, 0.25) is 0 Å². The second kappa shape index (κ2) is 5.32. The number of hydrogen-bond donors (Lipinski definition) is 1. The molecule has 0 aromatic heterocycles. The smallest absolute Gasteiger partial charge is 0.347 e. The zero-order valence-electron chi connectivity index (χ0n) is 10.2. The van der Waals surface area contributed by atoms with Gasteiger partial charge in [-0.2, -0.15) is 10.3 Å². The normalized spacial score (nSPS) is 16.7. The number of nitriles is 1. The lowest BCUT2D eigenvalue weighted by atomic mass is 10.2. The minimum Gasteiger partial charge on any atom is -0.363 e. The summed E-state index contributed by atoms with van der Waals surface area (Å²) >= 11 is 0. The predicted molar refractivity (Wildman–Crippen MR) is 69.5 cm³/mol. The van der Waals surface area contributed by atoms with Gasteiger partial charge in [0.15, 0.2) is 0 Å².